The summed E-state index contributed by atoms with van der Waals surface area (Å²) in [5.74, 6) is 0.414. The molecule has 35 heavy (non-hydrogen) atoms. The molecule has 0 spiro atoms. The van der Waals surface area contributed by atoms with Crippen molar-refractivity contribution in [3.05, 3.63) is 39.2 Å². The van der Waals surface area contributed by atoms with E-state index in [0.29, 0.717) is 44.2 Å². The molecule has 2 aliphatic heterocycles. The molecule has 4 rings (SSSR count). The average Bonchev–Trinajstić information content (AvgIpc) is 3.32. The molecule has 190 valence electrons. The fraction of sp³-hybridized carbons (Fsp3) is 0.577. The molecule has 1 amide bonds. The standard InChI is InChI=1S/C26H36N4O4S/c1-6-33-25(32)20-14-29(9-10-30(20)21(31)12-17-8-7-11-35-17)24-22(27)18-13-26(4,5)34-15-19(18)23(28-24)16(2)3/h7-8,11,16,20H,6,9-10,12-15,27H2,1-5H3. The summed E-state index contributed by atoms with van der Waals surface area (Å²) < 4.78 is 11.4. The lowest BCUT2D eigenvalue weighted by Gasteiger charge is -2.42. The Morgan fingerprint density at radius 3 is 2.74 bits per heavy atom. The van der Waals surface area contributed by atoms with Crippen LogP contribution >= 0.6 is 11.3 Å². The number of nitrogens with zero attached hydrogens (tertiary/aromatic N) is 3. The van der Waals surface area contributed by atoms with Crippen molar-refractivity contribution in [3.8, 4) is 0 Å². The predicted octanol–water partition coefficient (Wildman–Crippen LogP) is 3.52. The van der Waals surface area contributed by atoms with Crippen LogP contribution in [0.4, 0.5) is 11.5 Å². The lowest BCUT2D eigenvalue weighted by molar-refractivity contribution is -0.155. The zero-order valence-corrected chi connectivity index (χ0v) is 22.1. The van der Waals surface area contributed by atoms with Crippen molar-refractivity contribution in [2.24, 2.45) is 0 Å². The fourth-order valence-electron chi connectivity index (χ4n) is 4.90. The second-order valence-corrected chi connectivity index (χ2v) is 11.2. The van der Waals surface area contributed by atoms with Gasteiger partial charge in [-0.25, -0.2) is 9.78 Å². The second kappa shape index (κ2) is 10.1. The van der Waals surface area contributed by atoms with E-state index in [9.17, 15) is 9.59 Å². The first-order valence-corrected chi connectivity index (χ1v) is 13.2. The molecule has 0 aromatic carbocycles. The molecule has 9 heteroatoms. The van der Waals surface area contributed by atoms with E-state index in [4.69, 9.17) is 20.2 Å². The van der Waals surface area contributed by atoms with Crippen molar-refractivity contribution in [1.29, 1.82) is 0 Å². The van der Waals surface area contributed by atoms with E-state index in [1.165, 1.54) is 0 Å². The molecule has 2 aromatic rings. The minimum Gasteiger partial charge on any atom is -0.464 e. The van der Waals surface area contributed by atoms with Gasteiger partial charge in [-0.05, 0) is 43.7 Å². The van der Waals surface area contributed by atoms with Gasteiger partial charge in [0.2, 0.25) is 5.91 Å². The van der Waals surface area contributed by atoms with Crippen molar-refractivity contribution in [2.75, 3.05) is 36.9 Å². The van der Waals surface area contributed by atoms with Crippen molar-refractivity contribution in [1.82, 2.24) is 9.88 Å². The number of ether oxygens (including phenoxy) is 2. The Hall–Kier alpha value is -2.65. The molecule has 8 nitrogen and oxygen atoms in total. The normalized spacial score (nSPS) is 19.5. The van der Waals surface area contributed by atoms with Gasteiger partial charge in [0.1, 0.15) is 6.04 Å². The number of carbonyl (C=O) groups excluding carboxylic acids is 2. The van der Waals surface area contributed by atoms with Gasteiger partial charge in [-0.15, -0.1) is 11.3 Å². The molecular formula is C26H36N4O4S. The quantitative estimate of drug-likeness (QED) is 0.606. The van der Waals surface area contributed by atoms with E-state index >= 15 is 0 Å². The number of piperazine rings is 1. The maximum atomic E-state index is 13.2. The zero-order valence-electron chi connectivity index (χ0n) is 21.3. The van der Waals surface area contributed by atoms with Gasteiger partial charge in [0, 0.05) is 30.0 Å². The third-order valence-corrected chi connectivity index (χ3v) is 7.56. The summed E-state index contributed by atoms with van der Waals surface area (Å²) in [5, 5.41) is 1.95. The maximum Gasteiger partial charge on any atom is 0.330 e. The number of esters is 1. The molecule has 0 aliphatic carbocycles. The minimum absolute atomic E-state index is 0.0710. The van der Waals surface area contributed by atoms with E-state index in [1.54, 1.807) is 23.2 Å². The van der Waals surface area contributed by atoms with Crippen LogP contribution in [0.25, 0.3) is 0 Å². The maximum absolute atomic E-state index is 13.2. The van der Waals surface area contributed by atoms with Gasteiger partial charge in [-0.1, -0.05) is 19.9 Å². The Morgan fingerprint density at radius 2 is 2.09 bits per heavy atom. The largest absolute Gasteiger partial charge is 0.464 e. The average molecular weight is 501 g/mol. The minimum atomic E-state index is -0.712. The summed E-state index contributed by atoms with van der Waals surface area (Å²) in [7, 11) is 0. The number of pyridine rings is 1. The summed E-state index contributed by atoms with van der Waals surface area (Å²) in [6.45, 7) is 12.1. The molecule has 0 radical (unpaired) electrons. The summed E-state index contributed by atoms with van der Waals surface area (Å²) in [6.07, 6.45) is 0.976. The number of thiophene rings is 1. The molecule has 0 bridgehead atoms. The van der Waals surface area contributed by atoms with E-state index in [2.05, 4.69) is 27.7 Å². The topological polar surface area (TPSA) is 98.0 Å². The van der Waals surface area contributed by atoms with Crippen LogP contribution in [0.15, 0.2) is 17.5 Å². The van der Waals surface area contributed by atoms with E-state index in [-0.39, 0.29) is 30.5 Å². The van der Waals surface area contributed by atoms with Gasteiger partial charge in [0.05, 0.1) is 43.2 Å². The van der Waals surface area contributed by atoms with Gasteiger partial charge in [0.25, 0.3) is 0 Å². The number of hydrogen-bond donors (Lipinski definition) is 1. The van der Waals surface area contributed by atoms with Crippen molar-refractivity contribution in [2.45, 2.75) is 71.6 Å². The molecule has 2 aromatic heterocycles. The molecule has 4 heterocycles. The number of rotatable bonds is 6. The monoisotopic (exact) mass is 500 g/mol. The number of anilines is 2. The molecule has 2 N–H and O–H groups in total. The molecule has 1 unspecified atom stereocenters. The van der Waals surface area contributed by atoms with Crippen molar-refractivity contribution < 1.29 is 19.1 Å². The molecule has 1 fully saturated rings. The van der Waals surface area contributed by atoms with Crippen LogP contribution in [-0.4, -0.2) is 59.6 Å². The smallest absolute Gasteiger partial charge is 0.330 e. The fourth-order valence-corrected chi connectivity index (χ4v) is 5.59. The molecule has 0 saturated carbocycles. The number of amides is 1. The van der Waals surface area contributed by atoms with Crippen LogP contribution in [0.2, 0.25) is 0 Å². The van der Waals surface area contributed by atoms with Crippen LogP contribution in [0, 0.1) is 0 Å². The highest BCUT2D eigenvalue weighted by atomic mass is 32.1. The summed E-state index contributed by atoms with van der Waals surface area (Å²) in [4.78, 5) is 35.8. The SMILES string of the molecule is CCOC(=O)C1CN(c2nc(C(C)C)c3c(c2N)CC(C)(C)OC3)CCN1C(=O)Cc1cccs1. The van der Waals surface area contributed by atoms with Crippen molar-refractivity contribution >= 4 is 34.7 Å². The lowest BCUT2D eigenvalue weighted by Crippen LogP contribution is -2.59. The third-order valence-electron chi connectivity index (χ3n) is 6.69. The van der Waals surface area contributed by atoms with Crippen LogP contribution in [0.3, 0.4) is 0 Å². The first-order chi connectivity index (χ1) is 16.6. The Labute approximate surface area is 211 Å². The van der Waals surface area contributed by atoms with E-state index in [1.807, 2.05) is 22.4 Å². The van der Waals surface area contributed by atoms with Crippen LogP contribution < -0.4 is 10.6 Å². The van der Waals surface area contributed by atoms with Gasteiger partial charge >= 0.3 is 5.97 Å². The molecule has 2 aliphatic rings. The molecule has 1 saturated heterocycles. The summed E-state index contributed by atoms with van der Waals surface area (Å²) >= 11 is 1.54. The zero-order chi connectivity index (χ0) is 25.3. The molecular weight excluding hydrogens is 464 g/mol. The highest BCUT2D eigenvalue weighted by molar-refractivity contribution is 7.10. The Balaban J connectivity index is 1.66. The predicted molar refractivity (Wildman–Crippen MR) is 138 cm³/mol. The van der Waals surface area contributed by atoms with Crippen LogP contribution in [0.1, 0.15) is 62.2 Å². The number of carbonyl (C=O) groups is 2. The number of hydrogen-bond acceptors (Lipinski definition) is 8. The molecule has 1 atom stereocenters. The Bertz CT molecular complexity index is 1080. The second-order valence-electron chi connectivity index (χ2n) is 10.1. The number of fused-ring (bicyclic) bond motifs is 1. The van der Waals surface area contributed by atoms with Gasteiger partial charge in [-0.3, -0.25) is 4.79 Å². The lowest BCUT2D eigenvalue weighted by atomic mass is 9.87. The van der Waals surface area contributed by atoms with Gasteiger partial charge < -0.3 is 25.0 Å². The number of aromatic nitrogens is 1. The summed E-state index contributed by atoms with van der Waals surface area (Å²) in [5.41, 5.74) is 10.2. The van der Waals surface area contributed by atoms with E-state index in [0.717, 1.165) is 21.7 Å². The Morgan fingerprint density at radius 1 is 1.31 bits per heavy atom. The third kappa shape index (κ3) is 5.30. The Kier molecular flexibility index (Phi) is 7.38. The number of nitrogens with two attached hydrogens (primary N) is 1. The highest BCUT2D eigenvalue weighted by Gasteiger charge is 2.39. The van der Waals surface area contributed by atoms with Gasteiger partial charge in [-0.2, -0.15) is 0 Å². The van der Waals surface area contributed by atoms with Crippen molar-refractivity contribution in [3.63, 3.8) is 0 Å². The van der Waals surface area contributed by atoms with Crippen LogP contribution in [0.5, 0.6) is 0 Å². The van der Waals surface area contributed by atoms with E-state index < -0.39 is 12.0 Å². The van der Waals surface area contributed by atoms with Crippen LogP contribution in [-0.2, 0) is 38.5 Å². The number of nitrogen functional groups attached to an aromatic ring is 1. The first-order valence-electron chi connectivity index (χ1n) is 12.3. The van der Waals surface area contributed by atoms with Gasteiger partial charge in [0.15, 0.2) is 5.82 Å². The highest BCUT2D eigenvalue weighted by Crippen LogP contribution is 2.39. The first kappa shape index (κ1) is 25.4. The summed E-state index contributed by atoms with van der Waals surface area (Å²) in [6, 6.07) is 3.15.